The van der Waals surface area contributed by atoms with Gasteiger partial charge in [-0.25, -0.2) is 4.39 Å². The van der Waals surface area contributed by atoms with Crippen LogP contribution in [0.15, 0.2) is 12.1 Å². The van der Waals surface area contributed by atoms with Gasteiger partial charge in [0.1, 0.15) is 22.9 Å². The molecule has 1 aromatic heterocycles. The largest absolute Gasteiger partial charge is 0.507 e. The fourth-order valence-corrected chi connectivity index (χ4v) is 4.60. The highest BCUT2D eigenvalue weighted by Crippen LogP contribution is 2.49. The lowest BCUT2D eigenvalue weighted by atomic mass is 9.87. The van der Waals surface area contributed by atoms with Crippen LogP contribution < -0.4 is 5.32 Å². The van der Waals surface area contributed by atoms with E-state index in [9.17, 15) is 9.50 Å². The third-order valence-corrected chi connectivity index (χ3v) is 6.29. The Morgan fingerprint density at radius 1 is 1.31 bits per heavy atom. The number of hydrogen-bond acceptors (Lipinski definition) is 7. The summed E-state index contributed by atoms with van der Waals surface area (Å²) in [5.74, 6) is -0.0472. The van der Waals surface area contributed by atoms with Crippen molar-refractivity contribution >= 4 is 5.82 Å². The molecule has 0 radical (unpaired) electrons. The number of fused-ring (bicyclic) bond motifs is 2. The fraction of sp³-hybridized carbons (Fsp3) is 0.524. The highest BCUT2D eigenvalue weighted by Gasteiger charge is 2.48. The molecule has 8 heteroatoms. The molecule has 0 bridgehead atoms. The highest BCUT2D eigenvalue weighted by atomic mass is 19.1. The zero-order valence-electron chi connectivity index (χ0n) is 16.5. The van der Waals surface area contributed by atoms with E-state index in [4.69, 9.17) is 14.2 Å². The minimum Gasteiger partial charge on any atom is -0.507 e. The number of nitrogens with zero attached hydrogens (tertiary/aromatic N) is 2. The van der Waals surface area contributed by atoms with Crippen molar-refractivity contribution in [1.82, 2.24) is 10.2 Å². The summed E-state index contributed by atoms with van der Waals surface area (Å²) in [6.45, 7) is 3.00. The van der Waals surface area contributed by atoms with Crippen molar-refractivity contribution in [3.63, 3.8) is 0 Å². The Hall–Kier alpha value is -2.29. The second-order valence-electron chi connectivity index (χ2n) is 8.08. The molecule has 0 unspecified atom stereocenters. The van der Waals surface area contributed by atoms with Crippen molar-refractivity contribution in [3.8, 4) is 17.0 Å². The maximum atomic E-state index is 14.8. The van der Waals surface area contributed by atoms with Crippen molar-refractivity contribution in [2.24, 2.45) is 0 Å². The molecule has 3 heterocycles. The minimum atomic E-state index is -0.620. The number of aromatic hydroxyl groups is 1. The molecule has 0 amide bonds. The summed E-state index contributed by atoms with van der Waals surface area (Å²) in [6, 6.07) is 3.06. The topological polar surface area (TPSA) is 85.7 Å². The molecule has 154 valence electrons. The molecule has 1 saturated carbocycles. The first kappa shape index (κ1) is 18.7. The molecule has 2 aliphatic heterocycles. The number of phenolic OH excluding ortho intramolecular Hbond substituents is 1. The number of rotatable bonds is 4. The lowest BCUT2D eigenvalue weighted by molar-refractivity contribution is -0.0419. The van der Waals surface area contributed by atoms with Gasteiger partial charge in [-0.05, 0) is 37.5 Å². The average molecular weight is 401 g/mol. The Kier molecular flexibility index (Phi) is 4.45. The van der Waals surface area contributed by atoms with Gasteiger partial charge in [0.15, 0.2) is 5.82 Å². The predicted octanol–water partition coefficient (Wildman–Crippen LogP) is 3.03. The molecular formula is C21H24FN3O4. The third-order valence-electron chi connectivity index (χ3n) is 6.29. The van der Waals surface area contributed by atoms with Gasteiger partial charge in [-0.15, -0.1) is 10.2 Å². The summed E-state index contributed by atoms with van der Waals surface area (Å²) in [5, 5.41) is 22.6. The van der Waals surface area contributed by atoms with E-state index >= 15 is 0 Å². The van der Waals surface area contributed by atoms with Crippen molar-refractivity contribution in [2.45, 2.75) is 50.5 Å². The lowest BCUT2D eigenvalue weighted by Gasteiger charge is -2.37. The van der Waals surface area contributed by atoms with Crippen molar-refractivity contribution in [2.75, 3.05) is 25.6 Å². The zero-order valence-corrected chi connectivity index (χ0v) is 16.5. The van der Waals surface area contributed by atoms with E-state index in [1.807, 2.05) is 0 Å². The van der Waals surface area contributed by atoms with Gasteiger partial charge in [0.25, 0.3) is 0 Å². The number of nitrogens with one attached hydrogen (secondary N) is 1. The molecule has 7 nitrogen and oxygen atoms in total. The quantitative estimate of drug-likeness (QED) is 0.814. The monoisotopic (exact) mass is 401 g/mol. The molecule has 5 rings (SSSR count). The van der Waals surface area contributed by atoms with Gasteiger partial charge in [0, 0.05) is 31.3 Å². The second kappa shape index (κ2) is 6.90. The molecular weight excluding hydrogens is 377 g/mol. The number of halogens is 1. The molecule has 2 aromatic rings. The standard InChI is InChI=1S/C21H24FN3O4/c1-11-7-13(22)17(15(26)8-11)19-12-9-29-21(5-6-28-10-21)18(12)20(25-24-19)23-14-3-4-16(14)27-2/h7-8,14,16,26H,3-6,9-10H2,1-2H3,(H,23,25)/t14-,16-,21+/m1/s1. The number of ether oxygens (including phenoxy) is 3. The average Bonchev–Trinajstić information content (AvgIpc) is 3.28. The molecule has 1 aliphatic carbocycles. The number of aromatic nitrogens is 2. The maximum Gasteiger partial charge on any atom is 0.155 e. The van der Waals surface area contributed by atoms with Crippen molar-refractivity contribution in [3.05, 3.63) is 34.6 Å². The van der Waals surface area contributed by atoms with Gasteiger partial charge in [-0.1, -0.05) is 0 Å². The first-order valence-corrected chi connectivity index (χ1v) is 9.93. The fourth-order valence-electron chi connectivity index (χ4n) is 4.60. The number of phenols is 1. The number of methoxy groups -OCH3 is 1. The van der Waals surface area contributed by atoms with Crippen LogP contribution in [0.5, 0.6) is 5.75 Å². The molecule has 1 saturated heterocycles. The van der Waals surface area contributed by atoms with Crippen LogP contribution in [0.4, 0.5) is 10.2 Å². The predicted molar refractivity (Wildman–Crippen MR) is 103 cm³/mol. The number of benzene rings is 1. The summed E-state index contributed by atoms with van der Waals surface area (Å²) >= 11 is 0. The van der Waals surface area contributed by atoms with E-state index in [-0.39, 0.29) is 30.1 Å². The Bertz CT molecular complexity index is 936. The SMILES string of the molecule is CO[C@@H]1CC[C@H]1Nc1nnc(-c2c(O)cc(C)cc2F)c2c1[C@@]1(CCOC1)OC2. The van der Waals surface area contributed by atoms with E-state index < -0.39 is 11.4 Å². The first-order valence-electron chi connectivity index (χ1n) is 9.93. The normalized spacial score (nSPS) is 27.8. The van der Waals surface area contributed by atoms with Crippen LogP contribution >= 0.6 is 0 Å². The molecule has 29 heavy (non-hydrogen) atoms. The lowest BCUT2D eigenvalue weighted by Crippen LogP contribution is -2.45. The summed E-state index contributed by atoms with van der Waals surface area (Å²) in [7, 11) is 1.70. The zero-order chi connectivity index (χ0) is 20.2. The van der Waals surface area contributed by atoms with Crippen LogP contribution in [-0.4, -0.2) is 47.8 Å². The molecule has 3 atom stereocenters. The van der Waals surface area contributed by atoms with E-state index in [1.165, 1.54) is 12.1 Å². The van der Waals surface area contributed by atoms with Gasteiger partial charge in [0.05, 0.1) is 30.9 Å². The Morgan fingerprint density at radius 3 is 2.83 bits per heavy atom. The first-order chi connectivity index (χ1) is 14.0. The van der Waals surface area contributed by atoms with Crippen LogP contribution in [0.25, 0.3) is 11.3 Å². The van der Waals surface area contributed by atoms with Crippen LogP contribution in [0.2, 0.25) is 0 Å². The maximum absolute atomic E-state index is 14.8. The van der Waals surface area contributed by atoms with Crippen LogP contribution in [0.3, 0.4) is 0 Å². The van der Waals surface area contributed by atoms with E-state index in [2.05, 4.69) is 15.5 Å². The van der Waals surface area contributed by atoms with Crippen LogP contribution in [-0.2, 0) is 26.4 Å². The van der Waals surface area contributed by atoms with E-state index in [0.717, 1.165) is 24.0 Å². The highest BCUT2D eigenvalue weighted by molar-refractivity contribution is 5.74. The number of aryl methyl sites for hydroxylation is 1. The van der Waals surface area contributed by atoms with Crippen molar-refractivity contribution in [1.29, 1.82) is 0 Å². The van der Waals surface area contributed by atoms with Gasteiger partial charge < -0.3 is 24.6 Å². The summed E-state index contributed by atoms with van der Waals surface area (Å²) in [4.78, 5) is 0. The smallest absolute Gasteiger partial charge is 0.155 e. The molecule has 1 aromatic carbocycles. The Balaban J connectivity index is 1.64. The number of anilines is 1. The van der Waals surface area contributed by atoms with Gasteiger partial charge >= 0.3 is 0 Å². The number of hydrogen-bond donors (Lipinski definition) is 2. The molecule has 1 spiro atoms. The van der Waals surface area contributed by atoms with Crippen molar-refractivity contribution < 1.29 is 23.7 Å². The van der Waals surface area contributed by atoms with E-state index in [1.54, 1.807) is 14.0 Å². The molecule has 2 N–H and O–H groups in total. The second-order valence-corrected chi connectivity index (χ2v) is 8.08. The van der Waals surface area contributed by atoms with E-state index in [0.29, 0.717) is 36.7 Å². The van der Waals surface area contributed by atoms with Gasteiger partial charge in [-0.3, -0.25) is 0 Å². The van der Waals surface area contributed by atoms with Crippen LogP contribution in [0, 0.1) is 12.7 Å². The Morgan fingerprint density at radius 2 is 2.17 bits per heavy atom. The summed E-state index contributed by atoms with van der Waals surface area (Å²) in [6.07, 6.45) is 2.80. The minimum absolute atomic E-state index is 0.0591. The molecule has 3 aliphatic rings. The third kappa shape index (κ3) is 2.89. The van der Waals surface area contributed by atoms with Crippen LogP contribution in [0.1, 0.15) is 36.0 Å². The molecule has 2 fully saturated rings. The van der Waals surface area contributed by atoms with Gasteiger partial charge in [0.2, 0.25) is 0 Å². The summed E-state index contributed by atoms with van der Waals surface area (Å²) < 4.78 is 32.1. The van der Waals surface area contributed by atoms with Gasteiger partial charge in [-0.2, -0.15) is 0 Å². The summed E-state index contributed by atoms with van der Waals surface area (Å²) in [5.41, 5.74) is 2.01. The Labute approximate surface area is 168 Å².